The van der Waals surface area contributed by atoms with Gasteiger partial charge in [-0.3, -0.25) is 4.79 Å². The molecule has 0 fully saturated rings. The first kappa shape index (κ1) is 18.8. The molecular weight excluding hydrogens is 365 g/mol. The number of nitrogens with one attached hydrogen (secondary N) is 1. The van der Waals surface area contributed by atoms with Gasteiger partial charge >= 0.3 is 0 Å². The van der Waals surface area contributed by atoms with Gasteiger partial charge < -0.3 is 10.1 Å². The van der Waals surface area contributed by atoms with Gasteiger partial charge in [-0.05, 0) is 43.7 Å². The molecule has 0 spiro atoms. The Balaban J connectivity index is 1.62. The Hall–Kier alpha value is -2.93. The Morgan fingerprint density at radius 3 is 2.59 bits per heavy atom. The Morgan fingerprint density at radius 2 is 1.85 bits per heavy atom. The topological polar surface area (TPSA) is 64.1 Å². The summed E-state index contributed by atoms with van der Waals surface area (Å²) in [5.74, 6) is 0.444. The molecule has 0 saturated carbocycles. The summed E-state index contributed by atoms with van der Waals surface area (Å²) >= 11 is 1.20. The lowest BCUT2D eigenvalue weighted by atomic mass is 10.2. The Bertz CT molecular complexity index is 948. The zero-order chi connectivity index (χ0) is 19.2. The molecule has 0 aliphatic rings. The zero-order valence-electron chi connectivity index (χ0n) is 14.9. The van der Waals surface area contributed by atoms with Crippen molar-refractivity contribution in [1.82, 2.24) is 9.97 Å². The predicted octanol–water partition coefficient (Wildman–Crippen LogP) is 4.76. The monoisotopic (exact) mass is 383 g/mol. The van der Waals surface area contributed by atoms with Crippen molar-refractivity contribution in [3.05, 3.63) is 71.8 Å². The highest BCUT2D eigenvalue weighted by molar-refractivity contribution is 8.00. The van der Waals surface area contributed by atoms with Crippen LogP contribution in [0.5, 0.6) is 11.6 Å². The third-order valence-corrected chi connectivity index (χ3v) is 4.62. The lowest BCUT2D eigenvalue weighted by molar-refractivity contribution is -0.113. The van der Waals surface area contributed by atoms with E-state index in [1.54, 1.807) is 19.1 Å². The Morgan fingerprint density at radius 1 is 1.11 bits per heavy atom. The molecular formula is C20H18FN3O2S. The number of aryl methyl sites for hydroxylation is 2. The number of hydrogen-bond acceptors (Lipinski definition) is 5. The summed E-state index contributed by atoms with van der Waals surface area (Å²) in [4.78, 5) is 20.6. The van der Waals surface area contributed by atoms with Crippen LogP contribution in [0, 0.1) is 19.7 Å². The van der Waals surface area contributed by atoms with Crippen LogP contribution < -0.4 is 10.1 Å². The highest BCUT2D eigenvalue weighted by Gasteiger charge is 2.12. The SMILES string of the molecule is Cc1ccc(Oc2nccnc2SCC(=O)Nc2ccc(C)c(F)c2)cc1. The van der Waals surface area contributed by atoms with Gasteiger partial charge in [-0.25, -0.2) is 14.4 Å². The summed E-state index contributed by atoms with van der Waals surface area (Å²) in [5.41, 5.74) is 2.07. The minimum absolute atomic E-state index is 0.0957. The number of anilines is 1. The van der Waals surface area contributed by atoms with Crippen LogP contribution in [-0.4, -0.2) is 21.6 Å². The first-order valence-electron chi connectivity index (χ1n) is 8.25. The molecule has 0 unspecified atom stereocenters. The average molecular weight is 383 g/mol. The van der Waals surface area contributed by atoms with Crippen LogP contribution in [-0.2, 0) is 4.79 Å². The summed E-state index contributed by atoms with van der Waals surface area (Å²) in [5, 5.41) is 3.17. The summed E-state index contributed by atoms with van der Waals surface area (Å²) < 4.78 is 19.3. The maximum absolute atomic E-state index is 13.6. The Labute approximate surface area is 161 Å². The summed E-state index contributed by atoms with van der Waals surface area (Å²) in [6.07, 6.45) is 3.07. The fraction of sp³-hybridized carbons (Fsp3) is 0.150. The molecule has 0 aliphatic heterocycles. The first-order valence-corrected chi connectivity index (χ1v) is 9.24. The van der Waals surface area contributed by atoms with Crippen molar-refractivity contribution < 1.29 is 13.9 Å². The molecule has 0 saturated heterocycles. The predicted molar refractivity (Wildman–Crippen MR) is 104 cm³/mol. The van der Waals surface area contributed by atoms with Crippen molar-refractivity contribution in [2.75, 3.05) is 11.1 Å². The summed E-state index contributed by atoms with van der Waals surface area (Å²) in [7, 11) is 0. The van der Waals surface area contributed by atoms with E-state index in [0.717, 1.165) is 5.56 Å². The summed E-state index contributed by atoms with van der Waals surface area (Å²) in [6, 6.07) is 12.1. The number of ether oxygens (including phenoxy) is 1. The first-order chi connectivity index (χ1) is 13.0. The minimum Gasteiger partial charge on any atom is -0.437 e. The van der Waals surface area contributed by atoms with Crippen LogP contribution in [0.4, 0.5) is 10.1 Å². The molecule has 7 heteroatoms. The van der Waals surface area contributed by atoms with Crippen LogP contribution in [0.1, 0.15) is 11.1 Å². The molecule has 27 heavy (non-hydrogen) atoms. The third-order valence-electron chi connectivity index (χ3n) is 3.66. The Kier molecular flexibility index (Phi) is 6.03. The molecule has 138 valence electrons. The van der Waals surface area contributed by atoms with Crippen LogP contribution in [0.15, 0.2) is 59.9 Å². The number of benzene rings is 2. The third kappa shape index (κ3) is 5.27. The molecule has 0 radical (unpaired) electrons. The normalized spacial score (nSPS) is 10.5. The molecule has 3 rings (SSSR count). The standard InChI is InChI=1S/C20H18FN3O2S/c1-13-3-7-16(8-4-13)26-19-20(23-10-9-22-19)27-12-18(25)24-15-6-5-14(2)17(21)11-15/h3-11H,12H2,1-2H3,(H,24,25). The van der Waals surface area contributed by atoms with E-state index in [2.05, 4.69) is 15.3 Å². The lowest BCUT2D eigenvalue weighted by Crippen LogP contribution is -2.14. The number of hydrogen-bond donors (Lipinski definition) is 1. The van der Waals surface area contributed by atoms with E-state index in [0.29, 0.717) is 27.9 Å². The van der Waals surface area contributed by atoms with Crippen molar-refractivity contribution >= 4 is 23.4 Å². The molecule has 0 bridgehead atoms. The second kappa shape index (κ2) is 8.64. The lowest BCUT2D eigenvalue weighted by Gasteiger charge is -2.09. The van der Waals surface area contributed by atoms with Gasteiger partial charge in [-0.1, -0.05) is 35.5 Å². The number of thioether (sulfide) groups is 1. The number of aromatic nitrogens is 2. The van der Waals surface area contributed by atoms with Crippen LogP contribution >= 0.6 is 11.8 Å². The highest BCUT2D eigenvalue weighted by Crippen LogP contribution is 2.29. The van der Waals surface area contributed by atoms with E-state index < -0.39 is 0 Å². The maximum Gasteiger partial charge on any atom is 0.252 e. The molecule has 0 atom stereocenters. The summed E-state index contributed by atoms with van der Waals surface area (Å²) in [6.45, 7) is 3.66. The largest absolute Gasteiger partial charge is 0.437 e. The van der Waals surface area contributed by atoms with E-state index in [9.17, 15) is 9.18 Å². The van der Waals surface area contributed by atoms with Gasteiger partial charge in [-0.2, -0.15) is 0 Å². The average Bonchev–Trinajstić information content (AvgIpc) is 2.66. The molecule has 2 aromatic carbocycles. The van der Waals surface area contributed by atoms with Crippen LogP contribution in [0.3, 0.4) is 0 Å². The molecule has 1 amide bonds. The number of amides is 1. The van der Waals surface area contributed by atoms with Gasteiger partial charge in [0.2, 0.25) is 5.91 Å². The van der Waals surface area contributed by atoms with Gasteiger partial charge in [0.1, 0.15) is 11.6 Å². The fourth-order valence-electron chi connectivity index (χ4n) is 2.20. The second-order valence-corrected chi connectivity index (χ2v) is 6.85. The van der Waals surface area contributed by atoms with Gasteiger partial charge in [-0.15, -0.1) is 0 Å². The molecule has 5 nitrogen and oxygen atoms in total. The second-order valence-electron chi connectivity index (χ2n) is 5.88. The molecule has 1 N–H and O–H groups in total. The molecule has 1 heterocycles. The fourth-order valence-corrected chi connectivity index (χ4v) is 2.89. The number of halogens is 1. The van der Waals surface area contributed by atoms with E-state index in [1.165, 1.54) is 30.2 Å². The number of nitrogens with zero attached hydrogens (tertiary/aromatic N) is 2. The zero-order valence-corrected chi connectivity index (χ0v) is 15.7. The van der Waals surface area contributed by atoms with E-state index in [4.69, 9.17) is 4.74 Å². The van der Waals surface area contributed by atoms with Crippen molar-refractivity contribution in [2.24, 2.45) is 0 Å². The highest BCUT2D eigenvalue weighted by atomic mass is 32.2. The van der Waals surface area contributed by atoms with Crippen LogP contribution in [0.25, 0.3) is 0 Å². The smallest absolute Gasteiger partial charge is 0.252 e. The molecule has 3 aromatic rings. The molecule has 1 aromatic heterocycles. The van der Waals surface area contributed by atoms with Crippen molar-refractivity contribution in [3.8, 4) is 11.6 Å². The van der Waals surface area contributed by atoms with Gasteiger partial charge in [0.05, 0.1) is 5.75 Å². The number of carbonyl (C=O) groups is 1. The van der Waals surface area contributed by atoms with E-state index in [1.807, 2.05) is 31.2 Å². The minimum atomic E-state index is -0.358. The molecule has 0 aliphatic carbocycles. The van der Waals surface area contributed by atoms with Crippen molar-refractivity contribution in [2.45, 2.75) is 18.9 Å². The number of carbonyl (C=O) groups excluding carboxylic acids is 1. The quantitative estimate of drug-likeness (QED) is 0.622. The van der Waals surface area contributed by atoms with Gasteiger partial charge in [0.15, 0.2) is 5.03 Å². The van der Waals surface area contributed by atoms with E-state index >= 15 is 0 Å². The van der Waals surface area contributed by atoms with E-state index in [-0.39, 0.29) is 17.5 Å². The van der Waals surface area contributed by atoms with Gasteiger partial charge in [0, 0.05) is 18.1 Å². The van der Waals surface area contributed by atoms with Gasteiger partial charge in [0.25, 0.3) is 5.88 Å². The van der Waals surface area contributed by atoms with Crippen LogP contribution in [0.2, 0.25) is 0 Å². The maximum atomic E-state index is 13.6. The van der Waals surface area contributed by atoms with Crippen molar-refractivity contribution in [1.29, 1.82) is 0 Å². The van der Waals surface area contributed by atoms with Crippen molar-refractivity contribution in [3.63, 3.8) is 0 Å². The number of rotatable bonds is 6.